The van der Waals surface area contributed by atoms with Gasteiger partial charge in [-0.15, -0.1) is 0 Å². The summed E-state index contributed by atoms with van der Waals surface area (Å²) in [6, 6.07) is 11.4. The number of hydrogen-bond acceptors (Lipinski definition) is 3. The molecule has 0 aliphatic heterocycles. The number of aromatic nitrogens is 1. The smallest absolute Gasteiger partial charge is 0.267 e. The highest BCUT2D eigenvalue weighted by atomic mass is 19.1. The summed E-state index contributed by atoms with van der Waals surface area (Å²) in [4.78, 5) is 15.4. The van der Waals surface area contributed by atoms with Crippen LogP contribution in [0.5, 0.6) is 0 Å². The molecular weight excluding hydrogens is 233 g/mol. The molecule has 18 heavy (non-hydrogen) atoms. The Labute approximate surface area is 103 Å². The summed E-state index contributed by atoms with van der Waals surface area (Å²) in [6.45, 7) is 0. The van der Waals surface area contributed by atoms with Crippen LogP contribution in [0.1, 0.15) is 16.1 Å². The molecule has 0 saturated heterocycles. The normalized spacial score (nSPS) is 10.5. The first-order valence-electron chi connectivity index (χ1n) is 5.26. The Morgan fingerprint density at radius 3 is 2.72 bits per heavy atom. The molecule has 1 heterocycles. The van der Waals surface area contributed by atoms with Crippen LogP contribution >= 0.6 is 0 Å². The lowest BCUT2D eigenvalue weighted by atomic mass is 10.2. The van der Waals surface area contributed by atoms with Crippen molar-refractivity contribution >= 4 is 12.1 Å². The molecule has 1 N–H and O–H groups in total. The summed E-state index contributed by atoms with van der Waals surface area (Å²) in [7, 11) is 0. The maximum absolute atomic E-state index is 13.2. The van der Waals surface area contributed by atoms with Gasteiger partial charge in [0.25, 0.3) is 5.91 Å². The van der Waals surface area contributed by atoms with Crippen LogP contribution in [0.4, 0.5) is 4.39 Å². The molecule has 2 rings (SSSR count). The van der Waals surface area contributed by atoms with Crippen LogP contribution < -0.4 is 5.43 Å². The number of amides is 1. The molecular formula is C13H10FN3O. The van der Waals surface area contributed by atoms with Gasteiger partial charge in [-0.2, -0.15) is 5.10 Å². The van der Waals surface area contributed by atoms with Crippen LogP contribution in [0, 0.1) is 5.82 Å². The molecule has 90 valence electrons. The molecule has 0 atom stereocenters. The van der Waals surface area contributed by atoms with Crippen molar-refractivity contribution < 1.29 is 9.18 Å². The van der Waals surface area contributed by atoms with E-state index in [9.17, 15) is 9.18 Å². The van der Waals surface area contributed by atoms with Gasteiger partial charge in [0.1, 0.15) is 5.69 Å². The number of benzene rings is 1. The van der Waals surface area contributed by atoms with E-state index < -0.39 is 5.82 Å². The van der Waals surface area contributed by atoms with Gasteiger partial charge in [-0.25, -0.2) is 9.82 Å². The molecule has 0 saturated carbocycles. The van der Waals surface area contributed by atoms with Crippen molar-refractivity contribution in [3.63, 3.8) is 0 Å². The number of rotatable bonds is 3. The number of carbonyl (C=O) groups is 1. The third kappa shape index (κ3) is 2.98. The molecule has 0 radical (unpaired) electrons. The zero-order valence-corrected chi connectivity index (χ0v) is 9.38. The summed E-state index contributed by atoms with van der Waals surface area (Å²) in [5.74, 6) is -0.849. The largest absolute Gasteiger partial charge is 0.271 e. The summed E-state index contributed by atoms with van der Waals surface area (Å²) in [5, 5.41) is 3.65. The van der Waals surface area contributed by atoms with Gasteiger partial charge < -0.3 is 0 Å². The van der Waals surface area contributed by atoms with Gasteiger partial charge in [-0.1, -0.05) is 18.2 Å². The van der Waals surface area contributed by atoms with E-state index in [4.69, 9.17) is 0 Å². The number of nitrogens with one attached hydrogen (secondary N) is 1. The molecule has 2 aromatic rings. The molecule has 1 aromatic carbocycles. The first-order valence-corrected chi connectivity index (χ1v) is 5.26. The fraction of sp³-hybridized carbons (Fsp3) is 0. The van der Waals surface area contributed by atoms with E-state index in [1.807, 2.05) is 6.07 Å². The van der Waals surface area contributed by atoms with Crippen LogP contribution in [0.2, 0.25) is 0 Å². The number of halogens is 1. The minimum Gasteiger partial charge on any atom is -0.267 e. The predicted molar refractivity (Wildman–Crippen MR) is 65.7 cm³/mol. The highest BCUT2D eigenvalue weighted by Gasteiger charge is 2.02. The molecule has 0 bridgehead atoms. The zero-order valence-electron chi connectivity index (χ0n) is 9.38. The SMILES string of the molecule is O=C(N/N=C/c1ncccc1F)c1ccccc1. The highest BCUT2D eigenvalue weighted by molar-refractivity contribution is 5.94. The Kier molecular flexibility index (Phi) is 3.76. The van der Waals surface area contributed by atoms with E-state index in [1.165, 1.54) is 18.3 Å². The summed E-state index contributed by atoms with van der Waals surface area (Å²) in [6.07, 6.45) is 2.61. The summed E-state index contributed by atoms with van der Waals surface area (Å²) >= 11 is 0. The van der Waals surface area contributed by atoms with E-state index in [2.05, 4.69) is 15.5 Å². The van der Waals surface area contributed by atoms with Crippen molar-refractivity contribution in [2.45, 2.75) is 0 Å². The zero-order chi connectivity index (χ0) is 12.8. The molecule has 4 nitrogen and oxygen atoms in total. The first-order chi connectivity index (χ1) is 8.77. The molecule has 0 aliphatic rings. The lowest BCUT2D eigenvalue weighted by Crippen LogP contribution is -2.17. The monoisotopic (exact) mass is 243 g/mol. The van der Waals surface area contributed by atoms with Crippen LogP contribution in [0.15, 0.2) is 53.8 Å². The van der Waals surface area contributed by atoms with Crippen LogP contribution in [-0.2, 0) is 0 Å². The standard InChI is InChI=1S/C13H10FN3O/c14-11-7-4-8-15-12(11)9-16-17-13(18)10-5-2-1-3-6-10/h1-9H,(H,17,18)/b16-9+. The van der Waals surface area contributed by atoms with Gasteiger partial charge in [-0.05, 0) is 24.3 Å². The maximum atomic E-state index is 13.2. The maximum Gasteiger partial charge on any atom is 0.271 e. The Bertz CT molecular complexity index is 569. The Morgan fingerprint density at radius 1 is 1.22 bits per heavy atom. The van der Waals surface area contributed by atoms with Gasteiger partial charge in [0.05, 0.1) is 6.21 Å². The van der Waals surface area contributed by atoms with Crippen molar-refractivity contribution in [3.05, 3.63) is 65.7 Å². The van der Waals surface area contributed by atoms with E-state index in [-0.39, 0.29) is 11.6 Å². The number of hydrogen-bond donors (Lipinski definition) is 1. The van der Waals surface area contributed by atoms with E-state index in [1.54, 1.807) is 24.3 Å². The molecule has 1 amide bonds. The molecule has 0 unspecified atom stereocenters. The Hall–Kier alpha value is -2.56. The third-order valence-electron chi connectivity index (χ3n) is 2.18. The second-order valence-electron chi connectivity index (χ2n) is 3.44. The van der Waals surface area contributed by atoms with Gasteiger partial charge >= 0.3 is 0 Å². The summed E-state index contributed by atoms with van der Waals surface area (Å²) < 4.78 is 13.2. The number of pyridine rings is 1. The molecule has 0 spiro atoms. The fourth-order valence-electron chi connectivity index (χ4n) is 1.30. The van der Waals surface area contributed by atoms with Crippen molar-refractivity contribution in [3.8, 4) is 0 Å². The third-order valence-corrected chi connectivity index (χ3v) is 2.18. The average Bonchev–Trinajstić information content (AvgIpc) is 2.42. The van der Waals surface area contributed by atoms with Gasteiger partial charge in [-0.3, -0.25) is 9.78 Å². The summed E-state index contributed by atoms with van der Waals surface area (Å²) in [5.41, 5.74) is 2.86. The molecule has 0 aliphatic carbocycles. The lowest BCUT2D eigenvalue weighted by molar-refractivity contribution is 0.0955. The second-order valence-corrected chi connectivity index (χ2v) is 3.44. The van der Waals surface area contributed by atoms with Gasteiger partial charge in [0.15, 0.2) is 5.82 Å². The van der Waals surface area contributed by atoms with Crippen molar-refractivity contribution in [2.75, 3.05) is 0 Å². The van der Waals surface area contributed by atoms with Crippen molar-refractivity contribution in [1.82, 2.24) is 10.4 Å². The van der Waals surface area contributed by atoms with Crippen molar-refractivity contribution in [1.29, 1.82) is 0 Å². The molecule has 0 fully saturated rings. The molecule has 1 aromatic heterocycles. The van der Waals surface area contributed by atoms with E-state index in [0.717, 1.165) is 6.21 Å². The number of carbonyl (C=O) groups excluding carboxylic acids is 1. The topological polar surface area (TPSA) is 54.4 Å². The second kappa shape index (κ2) is 5.67. The number of hydrazone groups is 1. The predicted octanol–water partition coefficient (Wildman–Crippen LogP) is 1.98. The minimum atomic E-state index is -0.491. The first kappa shape index (κ1) is 11.9. The van der Waals surface area contributed by atoms with Gasteiger partial charge in [0, 0.05) is 11.8 Å². The lowest BCUT2D eigenvalue weighted by Gasteiger charge is -1.98. The molecule has 5 heteroatoms. The van der Waals surface area contributed by atoms with E-state index >= 15 is 0 Å². The van der Waals surface area contributed by atoms with Crippen LogP contribution in [0.25, 0.3) is 0 Å². The quantitative estimate of drug-likeness (QED) is 0.662. The Balaban J connectivity index is 2.00. The minimum absolute atomic E-state index is 0.0749. The van der Waals surface area contributed by atoms with E-state index in [0.29, 0.717) is 5.56 Å². The Morgan fingerprint density at radius 2 is 2.00 bits per heavy atom. The van der Waals surface area contributed by atoms with Crippen molar-refractivity contribution in [2.24, 2.45) is 5.10 Å². The average molecular weight is 243 g/mol. The highest BCUT2D eigenvalue weighted by Crippen LogP contribution is 1.99. The van der Waals surface area contributed by atoms with Crippen LogP contribution in [-0.4, -0.2) is 17.1 Å². The van der Waals surface area contributed by atoms with Crippen LogP contribution in [0.3, 0.4) is 0 Å². The fourth-order valence-corrected chi connectivity index (χ4v) is 1.30. The van der Waals surface area contributed by atoms with Gasteiger partial charge in [0.2, 0.25) is 0 Å². The number of nitrogens with zero attached hydrogens (tertiary/aromatic N) is 2.